The van der Waals surface area contributed by atoms with E-state index < -0.39 is 11.6 Å². The van der Waals surface area contributed by atoms with Crippen LogP contribution in [0.4, 0.5) is 0 Å². The molecule has 1 aromatic rings. The van der Waals surface area contributed by atoms with E-state index in [-0.39, 0.29) is 11.7 Å². The van der Waals surface area contributed by atoms with E-state index in [9.17, 15) is 9.59 Å². The third-order valence-electron chi connectivity index (χ3n) is 4.77. The van der Waals surface area contributed by atoms with Crippen molar-refractivity contribution in [3.8, 4) is 0 Å². The van der Waals surface area contributed by atoms with Gasteiger partial charge in [0.05, 0.1) is 13.2 Å². The molecule has 33 heavy (non-hydrogen) atoms. The lowest BCUT2D eigenvalue weighted by Crippen LogP contribution is -2.23. The molecular weight excluding hydrogens is 418 g/mol. The number of ether oxygens (including phenoxy) is 3. The largest absolute Gasteiger partial charge is 0.487 e. The highest BCUT2D eigenvalue weighted by Crippen LogP contribution is 2.13. The van der Waals surface area contributed by atoms with Crippen molar-refractivity contribution in [1.82, 2.24) is 5.32 Å². The van der Waals surface area contributed by atoms with Crippen LogP contribution in [0.25, 0.3) is 6.08 Å². The summed E-state index contributed by atoms with van der Waals surface area (Å²) in [5.74, 6) is -0.296. The van der Waals surface area contributed by atoms with Crippen LogP contribution >= 0.6 is 0 Å². The van der Waals surface area contributed by atoms with Crippen LogP contribution in [0.3, 0.4) is 0 Å². The molecule has 186 valence electrons. The van der Waals surface area contributed by atoms with Gasteiger partial charge in [0.1, 0.15) is 5.60 Å². The van der Waals surface area contributed by atoms with Gasteiger partial charge in [-0.2, -0.15) is 0 Å². The molecule has 0 heterocycles. The molecule has 0 aromatic heterocycles. The van der Waals surface area contributed by atoms with Gasteiger partial charge in [-0.25, -0.2) is 4.79 Å². The summed E-state index contributed by atoms with van der Waals surface area (Å²) in [6.45, 7) is 12.0. The molecule has 0 aliphatic carbocycles. The minimum atomic E-state index is -0.434. The van der Waals surface area contributed by atoms with Crippen LogP contribution in [0.5, 0.6) is 0 Å². The fourth-order valence-corrected chi connectivity index (χ4v) is 3.31. The molecule has 6 nitrogen and oxygen atoms in total. The Morgan fingerprint density at radius 1 is 0.939 bits per heavy atom. The zero-order valence-electron chi connectivity index (χ0n) is 21.2. The summed E-state index contributed by atoms with van der Waals surface area (Å²) in [4.78, 5) is 23.7. The van der Waals surface area contributed by atoms with Crippen molar-refractivity contribution in [2.45, 2.75) is 85.2 Å². The second kappa shape index (κ2) is 16.3. The van der Waals surface area contributed by atoms with Crippen molar-refractivity contribution in [3.63, 3.8) is 0 Å². The van der Waals surface area contributed by atoms with Crippen LogP contribution in [0.2, 0.25) is 0 Å². The number of nitrogens with one attached hydrogen (secondary N) is 1. The fraction of sp³-hybridized carbons (Fsp3) is 0.630. The van der Waals surface area contributed by atoms with Crippen LogP contribution in [-0.2, 0) is 30.2 Å². The number of hydrogen-bond donors (Lipinski definition) is 1. The number of benzene rings is 1. The Labute approximate surface area is 200 Å². The van der Waals surface area contributed by atoms with Crippen molar-refractivity contribution >= 4 is 18.0 Å². The van der Waals surface area contributed by atoms with E-state index in [2.05, 4.69) is 17.4 Å². The Balaban J connectivity index is 2.23. The Bertz CT molecular complexity index is 736. The molecule has 0 radical (unpaired) electrons. The summed E-state index contributed by atoms with van der Waals surface area (Å²) >= 11 is 0. The predicted octanol–water partition coefficient (Wildman–Crippen LogP) is 5.44. The molecule has 0 saturated heterocycles. The van der Waals surface area contributed by atoms with Gasteiger partial charge in [-0.15, -0.1) is 0 Å². The summed E-state index contributed by atoms with van der Waals surface area (Å²) in [7, 11) is 0. The first-order chi connectivity index (χ1) is 15.7. The lowest BCUT2D eigenvalue weighted by molar-refractivity contribution is -0.155. The molecule has 0 amide bonds. The van der Waals surface area contributed by atoms with Crippen molar-refractivity contribution in [1.29, 1.82) is 0 Å². The molecule has 0 unspecified atom stereocenters. The second-order valence-corrected chi connectivity index (χ2v) is 9.01. The molecule has 0 saturated carbocycles. The van der Waals surface area contributed by atoms with Gasteiger partial charge in [0.25, 0.3) is 0 Å². The van der Waals surface area contributed by atoms with Gasteiger partial charge < -0.3 is 19.5 Å². The first-order valence-corrected chi connectivity index (χ1v) is 12.3. The first-order valence-electron chi connectivity index (χ1n) is 12.3. The standard InChI is InChI=1S/C27H43NO5/c1-6-31-24(26(30)32-7-2)21-23-15-13-14-22(20-23)17-19-28-18-12-10-8-9-11-16-25(29)33-27(3,4)5/h13-15,20-21,28H,6-12,16-19H2,1-5H3. The molecular formula is C27H43NO5. The maximum atomic E-state index is 12.0. The third-order valence-corrected chi connectivity index (χ3v) is 4.77. The summed E-state index contributed by atoms with van der Waals surface area (Å²) in [6, 6.07) is 8.12. The summed E-state index contributed by atoms with van der Waals surface area (Å²) in [6.07, 6.45) is 8.56. The van der Waals surface area contributed by atoms with E-state index in [1.807, 2.05) is 39.8 Å². The average molecular weight is 462 g/mol. The lowest BCUT2D eigenvalue weighted by atomic mass is 10.1. The van der Waals surface area contributed by atoms with Gasteiger partial charge in [0.2, 0.25) is 5.76 Å². The lowest BCUT2D eigenvalue weighted by Gasteiger charge is -2.19. The number of esters is 2. The van der Waals surface area contributed by atoms with Crippen molar-refractivity contribution in [2.24, 2.45) is 0 Å². The van der Waals surface area contributed by atoms with E-state index in [0.29, 0.717) is 19.6 Å². The van der Waals surface area contributed by atoms with Gasteiger partial charge in [-0.3, -0.25) is 4.79 Å². The van der Waals surface area contributed by atoms with Crippen LogP contribution in [0.1, 0.15) is 84.3 Å². The van der Waals surface area contributed by atoms with Gasteiger partial charge in [0.15, 0.2) is 0 Å². The van der Waals surface area contributed by atoms with Crippen molar-refractivity contribution in [2.75, 3.05) is 26.3 Å². The second-order valence-electron chi connectivity index (χ2n) is 9.01. The van der Waals surface area contributed by atoms with Gasteiger partial charge in [-0.1, -0.05) is 43.5 Å². The highest BCUT2D eigenvalue weighted by molar-refractivity contribution is 5.91. The molecule has 0 bridgehead atoms. The SMILES string of the molecule is CCOC(=O)C(=Cc1cccc(CCNCCCCCCCC(=O)OC(C)(C)C)c1)OCC. The Kier molecular flexibility index (Phi) is 14.2. The van der Waals surface area contributed by atoms with E-state index in [0.717, 1.165) is 57.2 Å². The molecule has 1 rings (SSSR count). The Morgan fingerprint density at radius 3 is 2.33 bits per heavy atom. The molecule has 0 aliphatic heterocycles. The minimum Gasteiger partial charge on any atom is -0.487 e. The molecule has 1 N–H and O–H groups in total. The average Bonchev–Trinajstić information content (AvgIpc) is 2.74. The Hall–Kier alpha value is -2.34. The monoisotopic (exact) mass is 461 g/mol. The Morgan fingerprint density at radius 2 is 1.64 bits per heavy atom. The zero-order chi connectivity index (χ0) is 24.5. The van der Waals surface area contributed by atoms with E-state index in [1.54, 1.807) is 13.0 Å². The number of carbonyl (C=O) groups excluding carboxylic acids is 2. The van der Waals surface area contributed by atoms with Crippen LogP contribution in [-0.4, -0.2) is 43.8 Å². The third kappa shape index (κ3) is 14.4. The number of unbranched alkanes of at least 4 members (excludes halogenated alkanes) is 4. The van der Waals surface area contributed by atoms with E-state index >= 15 is 0 Å². The van der Waals surface area contributed by atoms with Crippen LogP contribution < -0.4 is 5.32 Å². The van der Waals surface area contributed by atoms with Gasteiger partial charge in [-0.05, 0) is 84.2 Å². The smallest absolute Gasteiger partial charge is 0.373 e. The van der Waals surface area contributed by atoms with E-state index in [4.69, 9.17) is 14.2 Å². The maximum absolute atomic E-state index is 12.0. The number of hydrogen-bond acceptors (Lipinski definition) is 6. The van der Waals surface area contributed by atoms with Crippen LogP contribution in [0, 0.1) is 0 Å². The maximum Gasteiger partial charge on any atom is 0.373 e. The van der Waals surface area contributed by atoms with Crippen molar-refractivity contribution in [3.05, 3.63) is 41.2 Å². The highest BCUT2D eigenvalue weighted by atomic mass is 16.6. The predicted molar refractivity (Wildman–Crippen MR) is 133 cm³/mol. The number of rotatable bonds is 16. The summed E-state index contributed by atoms with van der Waals surface area (Å²) in [5.41, 5.74) is 1.74. The molecule has 6 heteroatoms. The number of carbonyl (C=O) groups is 2. The quantitative estimate of drug-likeness (QED) is 0.153. The summed E-state index contributed by atoms with van der Waals surface area (Å²) < 4.78 is 15.8. The van der Waals surface area contributed by atoms with Gasteiger partial charge in [0, 0.05) is 6.42 Å². The molecule has 0 fully saturated rings. The molecule has 1 aromatic carbocycles. The van der Waals surface area contributed by atoms with E-state index in [1.165, 1.54) is 5.56 Å². The zero-order valence-corrected chi connectivity index (χ0v) is 21.2. The molecule has 0 aliphatic rings. The summed E-state index contributed by atoms with van der Waals surface area (Å²) in [5, 5.41) is 3.50. The minimum absolute atomic E-state index is 0.0984. The molecule has 0 spiro atoms. The van der Waals surface area contributed by atoms with Gasteiger partial charge >= 0.3 is 11.9 Å². The normalized spacial score (nSPS) is 11.8. The first kappa shape index (κ1) is 28.7. The van der Waals surface area contributed by atoms with Crippen molar-refractivity contribution < 1.29 is 23.8 Å². The van der Waals surface area contributed by atoms with Crippen LogP contribution in [0.15, 0.2) is 30.0 Å². The topological polar surface area (TPSA) is 73.9 Å². The fourth-order valence-electron chi connectivity index (χ4n) is 3.31. The highest BCUT2D eigenvalue weighted by Gasteiger charge is 2.15. The molecule has 0 atom stereocenters.